The van der Waals surface area contributed by atoms with Gasteiger partial charge in [0.2, 0.25) is 0 Å². The number of aliphatic imine (C=N–C) groups is 1. The fraction of sp³-hybridized carbons (Fsp3) is 0.160. The van der Waals surface area contributed by atoms with Crippen molar-refractivity contribution in [1.82, 2.24) is 24.7 Å². The predicted molar refractivity (Wildman–Crippen MR) is 133 cm³/mol. The van der Waals surface area contributed by atoms with Gasteiger partial charge in [0.1, 0.15) is 24.7 Å². The molecule has 2 aromatic heterocycles. The van der Waals surface area contributed by atoms with Gasteiger partial charge in [-0.25, -0.2) is 28.9 Å². The molecular formula is C25H20FN7O6. The van der Waals surface area contributed by atoms with Gasteiger partial charge in [0.25, 0.3) is 5.95 Å². The summed E-state index contributed by atoms with van der Waals surface area (Å²) in [4.78, 5) is 39.0. The van der Waals surface area contributed by atoms with Crippen molar-refractivity contribution < 1.29 is 28.1 Å². The van der Waals surface area contributed by atoms with Crippen molar-refractivity contribution in [2.24, 2.45) is 4.99 Å². The molecule has 0 saturated heterocycles. The number of nitrogens with one attached hydrogen (secondary N) is 1. The molecule has 1 N–H and O–H groups in total. The van der Waals surface area contributed by atoms with Crippen molar-refractivity contribution >= 4 is 17.6 Å². The van der Waals surface area contributed by atoms with Crippen LogP contribution in [0.2, 0.25) is 0 Å². The Morgan fingerprint density at radius 2 is 1.90 bits per heavy atom. The number of aromatic amines is 1. The Morgan fingerprint density at radius 1 is 1.15 bits per heavy atom. The molecule has 2 heterocycles. The van der Waals surface area contributed by atoms with Gasteiger partial charge >= 0.3 is 11.8 Å². The minimum atomic E-state index is -0.913. The number of rotatable bonds is 9. The molecular weight excluding hydrogens is 513 g/mol. The molecule has 0 fully saturated rings. The van der Waals surface area contributed by atoms with Crippen LogP contribution in [-0.2, 0) is 9.47 Å². The first-order valence-electron chi connectivity index (χ1n) is 11.2. The van der Waals surface area contributed by atoms with E-state index in [4.69, 9.17) is 19.5 Å². The third-order valence-corrected chi connectivity index (χ3v) is 5.05. The van der Waals surface area contributed by atoms with Gasteiger partial charge < -0.3 is 18.9 Å². The summed E-state index contributed by atoms with van der Waals surface area (Å²) < 4.78 is 36.7. The lowest BCUT2D eigenvalue weighted by Gasteiger charge is -2.13. The van der Waals surface area contributed by atoms with Crippen LogP contribution < -0.4 is 15.2 Å². The number of hydrogen-bond donors (Lipinski definition) is 1. The lowest BCUT2D eigenvalue weighted by Crippen LogP contribution is -2.18. The number of methoxy groups -OCH3 is 2. The SMILES string of the molecule is COC(=O)OCCOc1cc(OC)cc(/C(=N\c2ccc(C#N)cc2)c2nn(-c3ncccn3)c(=O)[nH]2)c1F. The number of nitriles is 1. The Hall–Kier alpha value is -5.58. The average molecular weight is 533 g/mol. The summed E-state index contributed by atoms with van der Waals surface area (Å²) in [6.07, 6.45) is 1.96. The van der Waals surface area contributed by atoms with Gasteiger partial charge in [0, 0.05) is 24.0 Å². The molecule has 0 saturated carbocycles. The van der Waals surface area contributed by atoms with Crippen LogP contribution in [0.1, 0.15) is 17.0 Å². The largest absolute Gasteiger partial charge is 0.508 e. The van der Waals surface area contributed by atoms with Crippen molar-refractivity contribution in [2.75, 3.05) is 27.4 Å². The van der Waals surface area contributed by atoms with Crippen LogP contribution in [0.15, 0.2) is 64.6 Å². The normalized spacial score (nSPS) is 11.0. The number of benzene rings is 2. The van der Waals surface area contributed by atoms with Gasteiger partial charge in [-0.05, 0) is 36.4 Å². The average Bonchev–Trinajstić information content (AvgIpc) is 3.36. The summed E-state index contributed by atoms with van der Waals surface area (Å²) in [5.74, 6) is -1.01. The van der Waals surface area contributed by atoms with Gasteiger partial charge in [-0.2, -0.15) is 5.26 Å². The van der Waals surface area contributed by atoms with E-state index in [1.807, 2.05) is 6.07 Å². The maximum atomic E-state index is 15.8. The van der Waals surface area contributed by atoms with Crippen molar-refractivity contribution in [2.45, 2.75) is 0 Å². The van der Waals surface area contributed by atoms with Crippen LogP contribution in [0.5, 0.6) is 11.5 Å². The molecule has 4 aromatic rings. The number of carbonyl (C=O) groups excluding carboxylic acids is 1. The second-order valence-corrected chi connectivity index (χ2v) is 7.50. The number of H-pyrrole nitrogens is 1. The fourth-order valence-electron chi connectivity index (χ4n) is 3.25. The van der Waals surface area contributed by atoms with Crippen LogP contribution in [0.3, 0.4) is 0 Å². The first-order chi connectivity index (χ1) is 18.9. The number of hydrogen-bond acceptors (Lipinski definition) is 11. The van der Waals surface area contributed by atoms with Crippen LogP contribution in [-0.4, -0.2) is 64.0 Å². The van der Waals surface area contributed by atoms with E-state index >= 15 is 4.39 Å². The maximum absolute atomic E-state index is 15.8. The maximum Gasteiger partial charge on any atom is 0.508 e. The van der Waals surface area contributed by atoms with E-state index in [9.17, 15) is 9.59 Å². The summed E-state index contributed by atoms with van der Waals surface area (Å²) in [6, 6.07) is 12.4. The second kappa shape index (κ2) is 12.1. The van der Waals surface area contributed by atoms with Gasteiger partial charge in [0.15, 0.2) is 17.4 Å². The molecule has 2 aromatic carbocycles. The third kappa shape index (κ3) is 6.23. The van der Waals surface area contributed by atoms with Crippen molar-refractivity contribution in [1.29, 1.82) is 5.26 Å². The zero-order valence-electron chi connectivity index (χ0n) is 20.6. The molecule has 13 nitrogen and oxygen atoms in total. The first kappa shape index (κ1) is 26.5. The Kier molecular flexibility index (Phi) is 8.22. The van der Waals surface area contributed by atoms with E-state index < -0.39 is 17.7 Å². The standard InChI is InChI=1S/C25H20FN7O6/c1-36-17-12-18(20(26)19(13-17)38-10-11-39-25(35)37-2)21(30-16-6-4-15(14-27)5-7-16)22-31-24(34)33(32-22)23-28-8-3-9-29-23/h3-9,12-13H,10-11H2,1-2H3,(H,31,32,34)/b30-21+. The topological polar surface area (TPSA) is 167 Å². The minimum absolute atomic E-state index is 0.0107. The molecule has 0 aliphatic rings. The molecule has 0 aliphatic carbocycles. The van der Waals surface area contributed by atoms with E-state index in [2.05, 4.69) is 29.8 Å². The molecule has 39 heavy (non-hydrogen) atoms. The molecule has 0 bridgehead atoms. The van der Waals surface area contributed by atoms with E-state index in [0.29, 0.717) is 11.3 Å². The van der Waals surface area contributed by atoms with E-state index in [1.54, 1.807) is 18.2 Å². The molecule has 0 amide bonds. The summed E-state index contributed by atoms with van der Waals surface area (Å²) in [6.45, 7) is -0.406. The fourth-order valence-corrected chi connectivity index (χ4v) is 3.25. The summed E-state index contributed by atoms with van der Waals surface area (Å²) in [7, 11) is 2.53. The number of halogens is 1. The Bertz CT molecular complexity index is 1590. The molecule has 14 heteroatoms. The molecule has 0 radical (unpaired) electrons. The highest BCUT2D eigenvalue weighted by atomic mass is 19.1. The molecule has 0 spiro atoms. The van der Waals surface area contributed by atoms with Gasteiger partial charge in [0.05, 0.1) is 31.5 Å². The van der Waals surface area contributed by atoms with Crippen LogP contribution in [0.25, 0.3) is 5.95 Å². The number of aromatic nitrogens is 5. The molecule has 4 rings (SSSR count). The zero-order chi connectivity index (χ0) is 27.8. The molecule has 0 atom stereocenters. The van der Waals surface area contributed by atoms with Gasteiger partial charge in [-0.1, -0.05) is 0 Å². The summed E-state index contributed by atoms with van der Waals surface area (Å²) in [5, 5.41) is 13.3. The van der Waals surface area contributed by atoms with E-state index in [0.717, 1.165) is 11.8 Å². The monoisotopic (exact) mass is 533 g/mol. The summed E-state index contributed by atoms with van der Waals surface area (Å²) >= 11 is 0. The highest BCUT2D eigenvalue weighted by Crippen LogP contribution is 2.30. The van der Waals surface area contributed by atoms with Crippen LogP contribution in [0, 0.1) is 17.1 Å². The second-order valence-electron chi connectivity index (χ2n) is 7.50. The smallest absolute Gasteiger partial charge is 0.497 e. The minimum Gasteiger partial charge on any atom is -0.497 e. The summed E-state index contributed by atoms with van der Waals surface area (Å²) in [5.41, 5.74) is -0.169. The van der Waals surface area contributed by atoms with Crippen molar-refractivity contribution in [3.63, 3.8) is 0 Å². The molecule has 0 aliphatic heterocycles. The Morgan fingerprint density at radius 3 is 2.56 bits per heavy atom. The number of ether oxygens (including phenoxy) is 4. The highest BCUT2D eigenvalue weighted by molar-refractivity contribution is 6.12. The Labute approximate surface area is 220 Å². The van der Waals surface area contributed by atoms with Gasteiger partial charge in [-0.3, -0.25) is 4.98 Å². The lowest BCUT2D eigenvalue weighted by atomic mass is 10.1. The third-order valence-electron chi connectivity index (χ3n) is 5.05. The van der Waals surface area contributed by atoms with Gasteiger partial charge in [-0.15, -0.1) is 9.78 Å². The highest BCUT2D eigenvalue weighted by Gasteiger charge is 2.23. The molecule has 0 unspecified atom stereocenters. The number of carbonyl (C=O) groups is 1. The van der Waals surface area contributed by atoms with Crippen molar-refractivity contribution in [3.05, 3.63) is 88.1 Å². The first-order valence-corrected chi connectivity index (χ1v) is 11.2. The number of nitrogens with zero attached hydrogens (tertiary/aromatic N) is 6. The predicted octanol–water partition coefficient (Wildman–Crippen LogP) is 2.70. The van der Waals surface area contributed by atoms with Crippen LogP contribution in [0.4, 0.5) is 14.9 Å². The zero-order valence-corrected chi connectivity index (χ0v) is 20.6. The van der Waals surface area contributed by atoms with Crippen LogP contribution >= 0.6 is 0 Å². The van der Waals surface area contributed by atoms with E-state index in [1.165, 1.54) is 43.8 Å². The quantitative estimate of drug-likeness (QED) is 0.192. The van der Waals surface area contributed by atoms with E-state index in [-0.39, 0.29) is 47.8 Å². The van der Waals surface area contributed by atoms with Crippen molar-refractivity contribution in [3.8, 4) is 23.5 Å². The Balaban J connectivity index is 1.82. The molecule has 198 valence electrons. The lowest BCUT2D eigenvalue weighted by molar-refractivity contribution is 0.0611.